The minimum atomic E-state index is 0.291. The summed E-state index contributed by atoms with van der Waals surface area (Å²) in [6, 6.07) is 8.36. The van der Waals surface area contributed by atoms with Crippen molar-refractivity contribution in [2.75, 3.05) is 0 Å². The molecule has 4 N–H and O–H groups in total. The smallest absolute Gasteiger partial charge is 0.201 e. The van der Waals surface area contributed by atoms with E-state index in [1.165, 1.54) is 36.6 Å². The molecule has 0 amide bonds. The van der Waals surface area contributed by atoms with Crippen LogP contribution in [0.25, 0.3) is 10.9 Å². The van der Waals surface area contributed by atoms with Crippen molar-refractivity contribution >= 4 is 34.4 Å². The third-order valence-electron chi connectivity index (χ3n) is 3.57. The molecule has 0 spiro atoms. The molecule has 2 rings (SSSR count). The highest BCUT2D eigenvalue weighted by Crippen LogP contribution is 2.20. The first-order valence-corrected chi connectivity index (χ1v) is 8.04. The van der Waals surface area contributed by atoms with Crippen LogP contribution in [0.2, 0.25) is 0 Å². The third kappa shape index (κ3) is 4.29. The van der Waals surface area contributed by atoms with Gasteiger partial charge in [-0.25, -0.2) is 5.84 Å². The molecule has 0 saturated carbocycles. The number of nitrogens with two attached hydrogens (primary N) is 1. The van der Waals surface area contributed by atoms with Gasteiger partial charge in [0.1, 0.15) is 0 Å². The molecule has 0 atom stereocenters. The molecule has 6 heteroatoms. The number of para-hydroxylation sites is 1. The number of aromatic nitrogens is 1. The second kappa shape index (κ2) is 8.51. The Hall–Kier alpha value is -1.92. The van der Waals surface area contributed by atoms with Gasteiger partial charge in [-0.05, 0) is 24.7 Å². The second-order valence-corrected chi connectivity index (χ2v) is 5.61. The fourth-order valence-corrected chi connectivity index (χ4v) is 2.52. The van der Waals surface area contributed by atoms with Gasteiger partial charge in [-0.3, -0.25) is 10.9 Å². The Labute approximate surface area is 136 Å². The number of nitrogens with one attached hydrogen (secondary N) is 2. The maximum absolute atomic E-state index is 5.19. The van der Waals surface area contributed by atoms with Crippen molar-refractivity contribution < 1.29 is 0 Å². The van der Waals surface area contributed by atoms with Crippen molar-refractivity contribution in [3.8, 4) is 0 Å². The minimum absolute atomic E-state index is 0.291. The maximum Gasteiger partial charge on any atom is 0.201 e. The van der Waals surface area contributed by atoms with Gasteiger partial charge in [-0.2, -0.15) is 5.10 Å². The van der Waals surface area contributed by atoms with Crippen LogP contribution in [0.15, 0.2) is 35.6 Å². The number of thiocarbonyl (C=S) groups is 1. The summed E-state index contributed by atoms with van der Waals surface area (Å²) in [5.41, 5.74) is 7.31. The van der Waals surface area contributed by atoms with E-state index in [-0.39, 0.29) is 0 Å². The minimum Gasteiger partial charge on any atom is -0.347 e. The van der Waals surface area contributed by atoms with E-state index < -0.39 is 0 Å². The van der Waals surface area contributed by atoms with Crippen molar-refractivity contribution in [1.82, 2.24) is 15.4 Å². The Morgan fingerprint density at radius 2 is 2.14 bits per heavy atom. The highest BCUT2D eigenvalue weighted by atomic mass is 32.1. The molecule has 22 heavy (non-hydrogen) atoms. The third-order valence-corrected chi connectivity index (χ3v) is 3.78. The van der Waals surface area contributed by atoms with Crippen LogP contribution in [-0.4, -0.2) is 15.9 Å². The summed E-state index contributed by atoms with van der Waals surface area (Å²) in [7, 11) is 0. The monoisotopic (exact) mass is 317 g/mol. The zero-order valence-electron chi connectivity index (χ0n) is 12.9. The molecule has 0 aliphatic carbocycles. The van der Waals surface area contributed by atoms with E-state index >= 15 is 0 Å². The van der Waals surface area contributed by atoms with Gasteiger partial charge in [-0.15, -0.1) is 0 Å². The van der Waals surface area contributed by atoms with Gasteiger partial charge in [0.25, 0.3) is 0 Å². The van der Waals surface area contributed by atoms with Crippen LogP contribution in [0.5, 0.6) is 0 Å². The van der Waals surface area contributed by atoms with E-state index in [2.05, 4.69) is 51.8 Å². The summed E-state index contributed by atoms with van der Waals surface area (Å²) in [6.45, 7) is 3.26. The molecule has 1 heterocycles. The average Bonchev–Trinajstić information content (AvgIpc) is 2.90. The molecule has 0 unspecified atom stereocenters. The number of rotatable bonds is 7. The Kier molecular flexibility index (Phi) is 6.36. The lowest BCUT2D eigenvalue weighted by atomic mass is 10.2. The number of benzene rings is 1. The fourth-order valence-electron chi connectivity index (χ4n) is 2.46. The van der Waals surface area contributed by atoms with Gasteiger partial charge in [0.05, 0.1) is 6.21 Å². The van der Waals surface area contributed by atoms with Crippen LogP contribution in [0, 0.1) is 0 Å². The number of hydrogen-bond acceptors (Lipinski definition) is 3. The first kappa shape index (κ1) is 16.5. The molecule has 118 valence electrons. The van der Waals surface area contributed by atoms with Crippen molar-refractivity contribution in [1.29, 1.82) is 0 Å². The van der Waals surface area contributed by atoms with Gasteiger partial charge in [0.15, 0.2) is 0 Å². The lowest BCUT2D eigenvalue weighted by Crippen LogP contribution is -2.37. The van der Waals surface area contributed by atoms with Gasteiger partial charge < -0.3 is 4.57 Å². The quantitative estimate of drug-likeness (QED) is 0.241. The van der Waals surface area contributed by atoms with Crippen LogP contribution >= 0.6 is 12.2 Å². The number of hydrazine groups is 1. The molecule has 0 fully saturated rings. The van der Waals surface area contributed by atoms with Gasteiger partial charge in [-0.1, -0.05) is 44.4 Å². The number of hydrazone groups is 1. The van der Waals surface area contributed by atoms with Crippen LogP contribution < -0.4 is 16.7 Å². The molecular weight excluding hydrogens is 294 g/mol. The standard InChI is InChI=1S/C16H23N5S/c1-2-3-4-7-10-21-12-13(11-18-20-16(22)19-17)14-8-5-6-9-15(14)21/h5-6,8-9,11-12H,2-4,7,10,17H2,1H3,(H2,19,20,22)/b18-11+. The van der Waals surface area contributed by atoms with Crippen molar-refractivity contribution in [3.63, 3.8) is 0 Å². The van der Waals surface area contributed by atoms with Crippen LogP contribution in [0.4, 0.5) is 0 Å². The maximum atomic E-state index is 5.19. The zero-order chi connectivity index (χ0) is 15.8. The lowest BCUT2D eigenvalue weighted by molar-refractivity contribution is 0.593. The SMILES string of the molecule is CCCCCCn1cc(/C=N/NC(=S)NN)c2ccccc21. The number of unbranched alkanes of at least 4 members (excludes halogenated alkanes) is 3. The molecule has 0 aliphatic heterocycles. The molecule has 1 aromatic carbocycles. The molecule has 0 saturated heterocycles. The first-order chi connectivity index (χ1) is 10.8. The molecule has 0 aliphatic rings. The number of fused-ring (bicyclic) bond motifs is 1. The first-order valence-electron chi connectivity index (χ1n) is 7.63. The summed E-state index contributed by atoms with van der Waals surface area (Å²) < 4.78 is 2.30. The van der Waals surface area contributed by atoms with Crippen LogP contribution in [-0.2, 0) is 6.54 Å². The zero-order valence-corrected chi connectivity index (χ0v) is 13.7. The molecule has 1 aromatic heterocycles. The van der Waals surface area contributed by atoms with E-state index in [1.807, 2.05) is 6.07 Å². The predicted octanol–water partition coefficient (Wildman–Crippen LogP) is 2.89. The van der Waals surface area contributed by atoms with E-state index in [1.54, 1.807) is 6.21 Å². The number of nitrogens with zero attached hydrogens (tertiary/aromatic N) is 2. The molecule has 0 bridgehead atoms. The topological polar surface area (TPSA) is 67.4 Å². The summed E-state index contributed by atoms with van der Waals surface area (Å²) in [5.74, 6) is 5.19. The van der Waals surface area contributed by atoms with Gasteiger partial charge >= 0.3 is 0 Å². The largest absolute Gasteiger partial charge is 0.347 e. The van der Waals surface area contributed by atoms with Crippen molar-refractivity contribution in [2.24, 2.45) is 10.9 Å². The average molecular weight is 317 g/mol. The summed E-state index contributed by atoms with van der Waals surface area (Å²) in [5, 5.41) is 5.59. The summed E-state index contributed by atoms with van der Waals surface area (Å²) in [4.78, 5) is 0. The highest BCUT2D eigenvalue weighted by Gasteiger charge is 2.06. The van der Waals surface area contributed by atoms with Gasteiger partial charge in [0, 0.05) is 29.2 Å². The molecule has 0 radical (unpaired) electrons. The highest BCUT2D eigenvalue weighted by molar-refractivity contribution is 7.80. The second-order valence-electron chi connectivity index (χ2n) is 5.20. The fraction of sp³-hybridized carbons (Fsp3) is 0.375. The van der Waals surface area contributed by atoms with E-state index in [0.29, 0.717) is 5.11 Å². The van der Waals surface area contributed by atoms with Crippen molar-refractivity contribution in [3.05, 3.63) is 36.0 Å². The van der Waals surface area contributed by atoms with E-state index in [4.69, 9.17) is 18.1 Å². The number of aryl methyl sites for hydroxylation is 1. The molecule has 2 aromatic rings. The molecular formula is C16H23N5S. The van der Waals surface area contributed by atoms with Crippen molar-refractivity contribution in [2.45, 2.75) is 39.2 Å². The normalized spacial score (nSPS) is 11.2. The van der Waals surface area contributed by atoms with Crippen LogP contribution in [0.1, 0.15) is 38.2 Å². The van der Waals surface area contributed by atoms with Crippen LogP contribution in [0.3, 0.4) is 0 Å². The Morgan fingerprint density at radius 1 is 1.32 bits per heavy atom. The lowest BCUT2D eigenvalue weighted by Gasteiger charge is -2.04. The molecule has 5 nitrogen and oxygen atoms in total. The Morgan fingerprint density at radius 3 is 2.91 bits per heavy atom. The Bertz CT molecular complexity index is 647. The number of hydrogen-bond donors (Lipinski definition) is 3. The predicted molar refractivity (Wildman–Crippen MR) is 96.7 cm³/mol. The van der Waals surface area contributed by atoms with E-state index in [9.17, 15) is 0 Å². The van der Waals surface area contributed by atoms with E-state index in [0.717, 1.165) is 12.1 Å². The van der Waals surface area contributed by atoms with Gasteiger partial charge in [0.2, 0.25) is 5.11 Å². The Balaban J connectivity index is 2.14. The summed E-state index contributed by atoms with van der Waals surface area (Å²) >= 11 is 4.89. The summed E-state index contributed by atoms with van der Waals surface area (Å²) in [6.07, 6.45) is 8.92.